The van der Waals surface area contributed by atoms with Crippen LogP contribution >= 0.6 is 15.6 Å². The number of ether oxygens (including phenoxy) is 4. The Morgan fingerprint density at radius 2 is 0.590 bits per heavy atom. The van der Waals surface area contributed by atoms with E-state index in [0.29, 0.717) is 25.7 Å². The van der Waals surface area contributed by atoms with E-state index in [0.717, 1.165) is 114 Å². The van der Waals surface area contributed by atoms with Gasteiger partial charge in [0.1, 0.15) is 19.3 Å². The summed E-state index contributed by atoms with van der Waals surface area (Å²) in [6.07, 6.45) is 29.8. The van der Waals surface area contributed by atoms with Crippen molar-refractivity contribution < 1.29 is 80.2 Å². The standard InChI is InChI=1S/C59H114O17P2/c1-8-9-10-23-33-40-56(61)69-46-54(75-58(63)42-35-28-21-15-12-18-25-31-38-51(4)5)48-73-77(65,66)71-44-53(60)45-72-78(67,68)74-49-55(76-59(64)43-36-29-22-16-13-19-26-32-39-52(6)7)47-70-57(62)41-34-27-20-14-11-17-24-30-37-50(2)3/h50-55,60H,8-49H2,1-7H3,(H,65,66)(H,67,68)/t53-,54+,55+/m0/s1. The predicted octanol–water partition coefficient (Wildman–Crippen LogP) is 15.6. The molecule has 0 aliphatic heterocycles. The van der Waals surface area contributed by atoms with Crippen LogP contribution in [0, 0.1) is 17.8 Å². The van der Waals surface area contributed by atoms with Crippen molar-refractivity contribution in [3.63, 3.8) is 0 Å². The zero-order valence-electron chi connectivity index (χ0n) is 50.1. The average Bonchev–Trinajstić information content (AvgIpc) is 3.38. The van der Waals surface area contributed by atoms with Gasteiger partial charge in [0, 0.05) is 25.7 Å². The first-order valence-electron chi connectivity index (χ1n) is 30.8. The molecule has 0 rings (SSSR count). The molecule has 0 aromatic heterocycles. The number of hydrogen-bond acceptors (Lipinski definition) is 15. The van der Waals surface area contributed by atoms with Crippen LogP contribution in [0.4, 0.5) is 0 Å². The summed E-state index contributed by atoms with van der Waals surface area (Å²) in [6, 6.07) is 0. The third-order valence-corrected chi connectivity index (χ3v) is 15.3. The van der Waals surface area contributed by atoms with Gasteiger partial charge in [-0.1, -0.05) is 228 Å². The van der Waals surface area contributed by atoms with E-state index in [-0.39, 0.29) is 25.7 Å². The summed E-state index contributed by atoms with van der Waals surface area (Å²) < 4.78 is 67.6. The first kappa shape index (κ1) is 76.1. The summed E-state index contributed by atoms with van der Waals surface area (Å²) in [4.78, 5) is 71.7. The minimum absolute atomic E-state index is 0.103. The number of aliphatic hydroxyl groups excluding tert-OH is 1. The van der Waals surface area contributed by atoms with E-state index in [1.807, 2.05) is 0 Å². The van der Waals surface area contributed by atoms with Crippen LogP contribution in [0.3, 0.4) is 0 Å². The Labute approximate surface area is 473 Å². The minimum Gasteiger partial charge on any atom is -0.462 e. The van der Waals surface area contributed by atoms with Crippen LogP contribution in [0.1, 0.15) is 280 Å². The van der Waals surface area contributed by atoms with Gasteiger partial charge in [0.15, 0.2) is 12.2 Å². The fourth-order valence-corrected chi connectivity index (χ4v) is 10.2. The normalized spacial score (nSPS) is 14.5. The zero-order chi connectivity index (χ0) is 58.1. The van der Waals surface area contributed by atoms with Crippen molar-refractivity contribution >= 4 is 39.5 Å². The molecular weight excluding hydrogens is 1040 g/mol. The lowest BCUT2D eigenvalue weighted by molar-refractivity contribution is -0.161. The maximum absolute atomic E-state index is 12.9. The molecule has 19 heteroatoms. The maximum Gasteiger partial charge on any atom is 0.472 e. The average molecular weight is 1160 g/mol. The Kier molecular flexibility index (Phi) is 49.5. The number of phosphoric acid groups is 2. The highest BCUT2D eigenvalue weighted by atomic mass is 31.2. The van der Waals surface area contributed by atoms with Gasteiger partial charge in [-0.15, -0.1) is 0 Å². The molecule has 0 aromatic carbocycles. The number of carbonyl (C=O) groups excluding carboxylic acids is 4. The highest BCUT2D eigenvalue weighted by Crippen LogP contribution is 2.45. The van der Waals surface area contributed by atoms with Crippen molar-refractivity contribution in [2.24, 2.45) is 17.8 Å². The van der Waals surface area contributed by atoms with E-state index in [1.54, 1.807) is 0 Å². The molecule has 0 heterocycles. The van der Waals surface area contributed by atoms with Gasteiger partial charge in [-0.25, -0.2) is 9.13 Å². The number of phosphoric ester groups is 2. The molecule has 462 valence electrons. The number of hydrogen-bond donors (Lipinski definition) is 3. The zero-order valence-corrected chi connectivity index (χ0v) is 51.9. The van der Waals surface area contributed by atoms with Gasteiger partial charge in [-0.3, -0.25) is 37.3 Å². The molecule has 0 aromatic rings. The summed E-state index contributed by atoms with van der Waals surface area (Å²) in [5.41, 5.74) is 0. The molecule has 0 fully saturated rings. The molecule has 0 spiro atoms. The predicted molar refractivity (Wildman–Crippen MR) is 308 cm³/mol. The summed E-state index contributed by atoms with van der Waals surface area (Å²) in [5, 5.41) is 10.5. The SMILES string of the molecule is CCCCCCCC(=O)OC[C@H](COP(=O)(O)OC[C@H](O)COP(=O)(O)OC[C@@H](COC(=O)CCCCCCCCCCC(C)C)OC(=O)CCCCCCCCCCC(C)C)OC(=O)CCCCCCCCCCC(C)C. The van der Waals surface area contributed by atoms with Crippen LogP contribution in [0.15, 0.2) is 0 Å². The quantitative estimate of drug-likeness (QED) is 0.0222. The fourth-order valence-electron chi connectivity index (χ4n) is 8.60. The molecule has 5 atom stereocenters. The molecule has 0 bridgehead atoms. The molecule has 17 nitrogen and oxygen atoms in total. The van der Waals surface area contributed by atoms with Crippen molar-refractivity contribution in [1.29, 1.82) is 0 Å². The highest BCUT2D eigenvalue weighted by molar-refractivity contribution is 7.47. The number of rotatable bonds is 57. The Hall–Kier alpha value is -1.94. The van der Waals surface area contributed by atoms with Crippen LogP contribution in [-0.2, 0) is 65.4 Å². The van der Waals surface area contributed by atoms with Gasteiger partial charge in [0.05, 0.1) is 26.4 Å². The Morgan fingerprint density at radius 3 is 0.872 bits per heavy atom. The molecule has 0 saturated carbocycles. The summed E-state index contributed by atoms with van der Waals surface area (Å²) >= 11 is 0. The van der Waals surface area contributed by atoms with E-state index in [1.165, 1.54) is 83.5 Å². The smallest absolute Gasteiger partial charge is 0.462 e. The molecule has 0 saturated heterocycles. The van der Waals surface area contributed by atoms with E-state index >= 15 is 0 Å². The van der Waals surface area contributed by atoms with Crippen LogP contribution in [0.2, 0.25) is 0 Å². The highest BCUT2D eigenvalue weighted by Gasteiger charge is 2.30. The molecule has 0 amide bonds. The largest absolute Gasteiger partial charge is 0.472 e. The maximum atomic E-state index is 12.9. The van der Waals surface area contributed by atoms with Gasteiger partial charge < -0.3 is 33.8 Å². The molecule has 0 aliphatic carbocycles. The lowest BCUT2D eigenvalue weighted by atomic mass is 10.0. The lowest BCUT2D eigenvalue weighted by Gasteiger charge is -2.21. The Balaban J connectivity index is 5.19. The monoisotopic (exact) mass is 1160 g/mol. The molecule has 2 unspecified atom stereocenters. The topological polar surface area (TPSA) is 237 Å². The van der Waals surface area contributed by atoms with Crippen LogP contribution in [0.25, 0.3) is 0 Å². The Morgan fingerprint density at radius 1 is 0.346 bits per heavy atom. The van der Waals surface area contributed by atoms with Crippen molar-refractivity contribution in [1.82, 2.24) is 0 Å². The number of aliphatic hydroxyl groups is 1. The second kappa shape index (κ2) is 50.8. The second-order valence-corrected chi connectivity index (χ2v) is 25.7. The summed E-state index contributed by atoms with van der Waals surface area (Å²) in [6.45, 7) is 11.5. The van der Waals surface area contributed by atoms with Crippen molar-refractivity contribution in [2.75, 3.05) is 39.6 Å². The van der Waals surface area contributed by atoms with Gasteiger partial charge in [-0.2, -0.15) is 0 Å². The summed E-state index contributed by atoms with van der Waals surface area (Å²) in [7, 11) is -9.87. The van der Waals surface area contributed by atoms with E-state index < -0.39 is 97.5 Å². The van der Waals surface area contributed by atoms with Crippen molar-refractivity contribution in [2.45, 2.75) is 298 Å². The van der Waals surface area contributed by atoms with E-state index in [2.05, 4.69) is 48.5 Å². The number of esters is 4. The van der Waals surface area contributed by atoms with Crippen LogP contribution in [-0.4, -0.2) is 96.7 Å². The van der Waals surface area contributed by atoms with Gasteiger partial charge in [-0.05, 0) is 43.4 Å². The number of unbranched alkanes of at least 4 members (excludes halogenated alkanes) is 25. The van der Waals surface area contributed by atoms with Gasteiger partial charge in [0.25, 0.3) is 0 Å². The summed E-state index contributed by atoms with van der Waals surface area (Å²) in [5.74, 6) is 0.00678. The Bertz CT molecular complexity index is 1560. The second-order valence-electron chi connectivity index (χ2n) is 22.8. The van der Waals surface area contributed by atoms with Crippen molar-refractivity contribution in [3.05, 3.63) is 0 Å². The molecule has 3 N–H and O–H groups in total. The van der Waals surface area contributed by atoms with Gasteiger partial charge >= 0.3 is 39.5 Å². The molecule has 78 heavy (non-hydrogen) atoms. The van der Waals surface area contributed by atoms with Crippen molar-refractivity contribution in [3.8, 4) is 0 Å². The molecular formula is C59H114O17P2. The van der Waals surface area contributed by atoms with Crippen LogP contribution < -0.4 is 0 Å². The van der Waals surface area contributed by atoms with E-state index in [9.17, 15) is 43.2 Å². The van der Waals surface area contributed by atoms with Gasteiger partial charge in [0.2, 0.25) is 0 Å². The first-order valence-corrected chi connectivity index (χ1v) is 33.8. The van der Waals surface area contributed by atoms with Crippen LogP contribution in [0.5, 0.6) is 0 Å². The lowest BCUT2D eigenvalue weighted by Crippen LogP contribution is -2.30. The fraction of sp³-hybridized carbons (Fsp3) is 0.932. The third kappa shape index (κ3) is 53.4. The van der Waals surface area contributed by atoms with E-state index in [4.69, 9.17) is 37.0 Å². The number of carbonyl (C=O) groups is 4. The molecule has 0 aliphatic rings. The molecule has 0 radical (unpaired) electrons. The first-order chi connectivity index (χ1) is 37.2. The third-order valence-electron chi connectivity index (χ3n) is 13.4. The minimum atomic E-state index is -4.94.